The van der Waals surface area contributed by atoms with E-state index in [9.17, 15) is 4.79 Å². The third-order valence-electron chi connectivity index (χ3n) is 4.16. The summed E-state index contributed by atoms with van der Waals surface area (Å²) in [6.07, 6.45) is 2.74. The van der Waals surface area contributed by atoms with Gasteiger partial charge in [-0.3, -0.25) is 20.0 Å². The number of nitrogen functional groups attached to an aromatic ring is 1. The van der Waals surface area contributed by atoms with Crippen LogP contribution >= 0.6 is 0 Å². The topological polar surface area (TPSA) is 74.7 Å². The molecule has 20 heavy (non-hydrogen) atoms. The molecule has 0 aromatic carbocycles. The Morgan fingerprint density at radius 3 is 2.70 bits per heavy atom. The summed E-state index contributed by atoms with van der Waals surface area (Å²) in [5.41, 5.74) is 2.94. The van der Waals surface area contributed by atoms with Gasteiger partial charge in [-0.2, -0.15) is 0 Å². The second-order valence-corrected chi connectivity index (χ2v) is 5.74. The highest BCUT2D eigenvalue weighted by molar-refractivity contribution is 5.92. The van der Waals surface area contributed by atoms with Crippen molar-refractivity contribution in [1.29, 1.82) is 0 Å². The molecule has 0 unspecified atom stereocenters. The van der Waals surface area contributed by atoms with Crippen LogP contribution in [0.5, 0.6) is 0 Å². The Balaban J connectivity index is 1.56. The van der Waals surface area contributed by atoms with E-state index in [-0.39, 0.29) is 5.91 Å². The number of aryl methyl sites for hydroxylation is 1. The lowest BCUT2D eigenvalue weighted by molar-refractivity contribution is 0.0914. The Morgan fingerprint density at radius 1 is 1.40 bits per heavy atom. The third kappa shape index (κ3) is 2.87. The number of nitrogens with one attached hydrogen (secondary N) is 1. The smallest absolute Gasteiger partial charge is 0.301 e. The van der Waals surface area contributed by atoms with Gasteiger partial charge in [-0.25, -0.2) is 5.84 Å². The number of hydrogen-bond donors (Lipinski definition) is 2. The molecular formula is C14H22N4O2. The standard InChI is InChI=1S/C14H22N4O2/c1-10-8-12(20-13(10)14(19)16-15)9-17-4-6-18(7-5-17)11-2-3-11/h8,11H,2-7,9,15H2,1H3,(H,16,19). The zero-order chi connectivity index (χ0) is 14.1. The van der Waals surface area contributed by atoms with Crippen molar-refractivity contribution in [3.63, 3.8) is 0 Å². The van der Waals surface area contributed by atoms with E-state index in [0.717, 1.165) is 50.1 Å². The van der Waals surface area contributed by atoms with Crippen LogP contribution < -0.4 is 11.3 Å². The molecule has 3 rings (SSSR count). The Bertz CT molecular complexity index is 487. The van der Waals surface area contributed by atoms with Crippen LogP contribution in [0.3, 0.4) is 0 Å². The minimum absolute atomic E-state index is 0.319. The molecule has 2 fully saturated rings. The van der Waals surface area contributed by atoms with E-state index in [2.05, 4.69) is 15.2 Å². The maximum Gasteiger partial charge on any atom is 0.301 e. The number of carbonyl (C=O) groups excluding carboxylic acids is 1. The molecule has 6 heteroatoms. The maximum atomic E-state index is 11.5. The first-order chi connectivity index (χ1) is 9.67. The second kappa shape index (κ2) is 5.55. The normalized spacial score (nSPS) is 21.1. The molecule has 1 saturated carbocycles. The summed E-state index contributed by atoms with van der Waals surface area (Å²) >= 11 is 0. The van der Waals surface area contributed by atoms with E-state index < -0.39 is 0 Å². The largest absolute Gasteiger partial charge is 0.454 e. The predicted octanol–water partition coefficient (Wildman–Crippen LogP) is 0.472. The number of nitrogens with zero attached hydrogens (tertiary/aromatic N) is 2. The van der Waals surface area contributed by atoms with Gasteiger partial charge in [-0.05, 0) is 25.8 Å². The van der Waals surface area contributed by atoms with Gasteiger partial charge in [0.1, 0.15) is 5.76 Å². The average Bonchev–Trinajstić information content (AvgIpc) is 3.23. The van der Waals surface area contributed by atoms with Gasteiger partial charge in [0.05, 0.1) is 6.54 Å². The SMILES string of the molecule is Cc1cc(CN2CCN(C3CC3)CC2)oc1C(=O)NN. The Hall–Kier alpha value is -1.37. The number of nitrogens with two attached hydrogens (primary N) is 1. The molecule has 1 aromatic heterocycles. The van der Waals surface area contributed by atoms with Gasteiger partial charge >= 0.3 is 5.91 Å². The Kier molecular flexibility index (Phi) is 3.78. The van der Waals surface area contributed by atoms with Crippen LogP contribution in [0.4, 0.5) is 0 Å². The molecule has 2 aliphatic rings. The van der Waals surface area contributed by atoms with Gasteiger partial charge in [0.2, 0.25) is 0 Å². The van der Waals surface area contributed by atoms with Gasteiger partial charge in [0.25, 0.3) is 0 Å². The summed E-state index contributed by atoms with van der Waals surface area (Å²) in [6.45, 7) is 7.03. The summed E-state index contributed by atoms with van der Waals surface area (Å²) < 4.78 is 5.61. The van der Waals surface area contributed by atoms with Gasteiger partial charge in [0, 0.05) is 37.8 Å². The van der Waals surface area contributed by atoms with Crippen LogP contribution in [-0.4, -0.2) is 47.9 Å². The molecule has 110 valence electrons. The zero-order valence-corrected chi connectivity index (χ0v) is 11.9. The zero-order valence-electron chi connectivity index (χ0n) is 11.9. The average molecular weight is 278 g/mol. The van der Waals surface area contributed by atoms with Crippen LogP contribution in [0.2, 0.25) is 0 Å². The number of carbonyl (C=O) groups is 1. The summed E-state index contributed by atoms with van der Waals surface area (Å²) in [6, 6.07) is 2.78. The molecule has 3 N–H and O–H groups in total. The van der Waals surface area contributed by atoms with Crippen molar-refractivity contribution < 1.29 is 9.21 Å². The first-order valence-electron chi connectivity index (χ1n) is 7.24. The Labute approximate surface area is 118 Å². The quantitative estimate of drug-likeness (QED) is 0.476. The van der Waals surface area contributed by atoms with E-state index in [1.807, 2.05) is 13.0 Å². The summed E-state index contributed by atoms with van der Waals surface area (Å²) in [4.78, 5) is 16.5. The molecule has 0 spiro atoms. The van der Waals surface area contributed by atoms with Crippen LogP contribution in [0.25, 0.3) is 0 Å². The van der Waals surface area contributed by atoms with Crippen LogP contribution in [0, 0.1) is 6.92 Å². The number of amides is 1. The number of hydrazine groups is 1. The lowest BCUT2D eigenvalue weighted by Crippen LogP contribution is -2.46. The molecule has 0 atom stereocenters. The molecule has 1 aliphatic carbocycles. The van der Waals surface area contributed by atoms with E-state index in [0.29, 0.717) is 5.76 Å². The molecule has 1 amide bonds. The lowest BCUT2D eigenvalue weighted by atomic mass is 10.2. The van der Waals surface area contributed by atoms with Crippen molar-refractivity contribution in [2.75, 3.05) is 26.2 Å². The molecule has 1 saturated heterocycles. The molecule has 1 aliphatic heterocycles. The highest BCUT2D eigenvalue weighted by Gasteiger charge is 2.31. The lowest BCUT2D eigenvalue weighted by Gasteiger charge is -2.34. The van der Waals surface area contributed by atoms with E-state index in [4.69, 9.17) is 10.3 Å². The highest BCUT2D eigenvalue weighted by atomic mass is 16.4. The van der Waals surface area contributed by atoms with Crippen molar-refractivity contribution in [1.82, 2.24) is 15.2 Å². The fourth-order valence-corrected chi connectivity index (χ4v) is 2.86. The van der Waals surface area contributed by atoms with E-state index in [1.165, 1.54) is 12.8 Å². The van der Waals surface area contributed by atoms with Crippen LogP contribution in [0.15, 0.2) is 10.5 Å². The van der Waals surface area contributed by atoms with Gasteiger partial charge in [-0.1, -0.05) is 0 Å². The van der Waals surface area contributed by atoms with Crippen molar-refractivity contribution >= 4 is 5.91 Å². The van der Waals surface area contributed by atoms with Crippen LogP contribution in [0.1, 0.15) is 34.7 Å². The van der Waals surface area contributed by atoms with Gasteiger partial charge in [0.15, 0.2) is 5.76 Å². The third-order valence-corrected chi connectivity index (χ3v) is 4.16. The van der Waals surface area contributed by atoms with Crippen molar-refractivity contribution in [3.05, 3.63) is 23.2 Å². The fraction of sp³-hybridized carbons (Fsp3) is 0.643. The summed E-state index contributed by atoms with van der Waals surface area (Å²) in [5, 5.41) is 0. The monoisotopic (exact) mass is 278 g/mol. The van der Waals surface area contributed by atoms with Crippen molar-refractivity contribution in [3.8, 4) is 0 Å². The molecule has 1 aromatic rings. The number of piperazine rings is 1. The first kappa shape index (κ1) is 13.6. The number of rotatable bonds is 4. The molecule has 0 bridgehead atoms. The molecule has 6 nitrogen and oxygen atoms in total. The number of hydrogen-bond acceptors (Lipinski definition) is 5. The molecular weight excluding hydrogens is 256 g/mol. The maximum absolute atomic E-state index is 11.5. The second-order valence-electron chi connectivity index (χ2n) is 5.74. The summed E-state index contributed by atoms with van der Waals surface area (Å²) in [7, 11) is 0. The van der Waals surface area contributed by atoms with Gasteiger partial charge in [-0.15, -0.1) is 0 Å². The highest BCUT2D eigenvalue weighted by Crippen LogP contribution is 2.27. The molecule has 2 heterocycles. The van der Waals surface area contributed by atoms with Crippen molar-refractivity contribution in [2.24, 2.45) is 5.84 Å². The van der Waals surface area contributed by atoms with E-state index in [1.54, 1.807) is 0 Å². The predicted molar refractivity (Wildman–Crippen MR) is 75.0 cm³/mol. The van der Waals surface area contributed by atoms with E-state index >= 15 is 0 Å². The van der Waals surface area contributed by atoms with Crippen molar-refractivity contribution in [2.45, 2.75) is 32.4 Å². The minimum atomic E-state index is -0.368. The summed E-state index contributed by atoms with van der Waals surface area (Å²) in [5.74, 6) is 5.93. The molecule has 0 radical (unpaired) electrons. The fourth-order valence-electron chi connectivity index (χ4n) is 2.86. The number of furan rings is 1. The first-order valence-corrected chi connectivity index (χ1v) is 7.24. The van der Waals surface area contributed by atoms with Gasteiger partial charge < -0.3 is 4.42 Å². The minimum Gasteiger partial charge on any atom is -0.454 e. The van der Waals surface area contributed by atoms with Crippen LogP contribution in [-0.2, 0) is 6.54 Å². The Morgan fingerprint density at radius 2 is 2.10 bits per heavy atom.